The van der Waals surface area contributed by atoms with E-state index < -0.39 is 6.17 Å². The molecule has 1 aromatic carbocycles. The van der Waals surface area contributed by atoms with Crippen LogP contribution in [0.5, 0.6) is 0 Å². The van der Waals surface area contributed by atoms with Crippen LogP contribution in [-0.2, 0) is 4.79 Å². The summed E-state index contributed by atoms with van der Waals surface area (Å²) < 4.78 is 0. The van der Waals surface area contributed by atoms with Crippen molar-refractivity contribution >= 4 is 17.5 Å². The van der Waals surface area contributed by atoms with Gasteiger partial charge in [-0.05, 0) is 24.3 Å². The molecule has 23 heavy (non-hydrogen) atoms. The summed E-state index contributed by atoms with van der Waals surface area (Å²) in [6.07, 6.45) is 1.27. The molecule has 0 fully saturated rings. The number of hydrogen-bond acceptors (Lipinski definition) is 4. The number of nitrogens with one attached hydrogen (secondary N) is 1. The molecule has 2 amide bonds. The van der Waals surface area contributed by atoms with E-state index in [1.165, 1.54) is 0 Å². The highest BCUT2D eigenvalue weighted by Crippen LogP contribution is 2.36. The quantitative estimate of drug-likeness (QED) is 0.931. The third-order valence-electron chi connectivity index (χ3n) is 3.97. The molecule has 6 nitrogen and oxygen atoms in total. The van der Waals surface area contributed by atoms with Crippen molar-refractivity contribution in [1.29, 1.82) is 0 Å². The number of likely N-dealkylation sites (N-methyl/N-ethyl adjacent to an activating group) is 1. The van der Waals surface area contributed by atoms with E-state index in [1.807, 2.05) is 41.3 Å². The van der Waals surface area contributed by atoms with E-state index >= 15 is 0 Å². The number of nitrogens with zero attached hydrogens (tertiary/aromatic N) is 3. The lowest BCUT2D eigenvalue weighted by atomic mass is 10.0. The number of pyridine rings is 1. The number of anilines is 1. The topological polar surface area (TPSA) is 65.5 Å². The van der Waals surface area contributed by atoms with Gasteiger partial charge in [0.05, 0.1) is 23.5 Å². The van der Waals surface area contributed by atoms with Crippen LogP contribution < -0.4 is 10.2 Å². The van der Waals surface area contributed by atoms with E-state index in [-0.39, 0.29) is 18.4 Å². The summed E-state index contributed by atoms with van der Waals surface area (Å²) >= 11 is 0. The van der Waals surface area contributed by atoms with E-state index in [2.05, 4.69) is 10.3 Å². The van der Waals surface area contributed by atoms with Gasteiger partial charge in [0.2, 0.25) is 5.91 Å². The first-order chi connectivity index (χ1) is 11.1. The molecule has 1 aliphatic heterocycles. The summed E-state index contributed by atoms with van der Waals surface area (Å²) in [4.78, 5) is 32.5. The number of benzene rings is 1. The van der Waals surface area contributed by atoms with Gasteiger partial charge in [-0.25, -0.2) is 0 Å². The van der Waals surface area contributed by atoms with Gasteiger partial charge in [0.25, 0.3) is 5.91 Å². The predicted octanol–water partition coefficient (Wildman–Crippen LogP) is 1.42. The van der Waals surface area contributed by atoms with Crippen molar-refractivity contribution in [2.45, 2.75) is 6.17 Å². The summed E-state index contributed by atoms with van der Waals surface area (Å²) in [5.41, 5.74) is 2.06. The minimum atomic E-state index is -0.420. The van der Waals surface area contributed by atoms with Gasteiger partial charge in [-0.1, -0.05) is 18.2 Å². The molecule has 1 N–H and O–H groups in total. The summed E-state index contributed by atoms with van der Waals surface area (Å²) in [6.45, 7) is 0.145. The summed E-state index contributed by atoms with van der Waals surface area (Å²) in [7, 11) is 3.33. The molecule has 3 rings (SSSR count). The maximum atomic E-state index is 12.7. The van der Waals surface area contributed by atoms with Crippen molar-refractivity contribution in [3.05, 3.63) is 59.9 Å². The van der Waals surface area contributed by atoms with E-state index in [1.54, 1.807) is 31.3 Å². The number of hydrogen-bond donors (Lipinski definition) is 1. The fraction of sp³-hybridized carbons (Fsp3) is 0.235. The first kappa shape index (κ1) is 15.0. The third-order valence-corrected chi connectivity index (χ3v) is 3.97. The lowest BCUT2D eigenvalue weighted by molar-refractivity contribution is -0.119. The van der Waals surface area contributed by atoms with Crippen molar-refractivity contribution in [3.8, 4) is 0 Å². The van der Waals surface area contributed by atoms with Crippen LogP contribution in [0, 0.1) is 0 Å². The standard InChI is InChI=1S/C17H18N4O2/c1-18-15(22)11-21-14-9-4-3-7-12(14)17(23)20(2)16(21)13-8-5-6-10-19-13/h3-10,16H,11H2,1-2H3,(H,18,22)/t16-/m1/s1. The zero-order valence-corrected chi connectivity index (χ0v) is 13.1. The fourth-order valence-electron chi connectivity index (χ4n) is 2.84. The minimum Gasteiger partial charge on any atom is -0.358 e. The maximum absolute atomic E-state index is 12.7. The molecule has 0 spiro atoms. The van der Waals surface area contributed by atoms with Crippen LogP contribution >= 0.6 is 0 Å². The highest BCUT2D eigenvalue weighted by atomic mass is 16.2. The Morgan fingerprint density at radius 2 is 1.96 bits per heavy atom. The smallest absolute Gasteiger partial charge is 0.257 e. The van der Waals surface area contributed by atoms with Crippen molar-refractivity contribution in [2.24, 2.45) is 0 Å². The molecule has 0 unspecified atom stereocenters. The van der Waals surface area contributed by atoms with Crippen LogP contribution in [0.2, 0.25) is 0 Å². The zero-order chi connectivity index (χ0) is 16.4. The number of carbonyl (C=O) groups is 2. The third kappa shape index (κ3) is 2.63. The van der Waals surface area contributed by atoms with Crippen LogP contribution in [-0.4, -0.2) is 42.3 Å². The van der Waals surface area contributed by atoms with E-state index in [9.17, 15) is 9.59 Å². The number of amides is 2. The molecular formula is C17H18N4O2. The lowest BCUT2D eigenvalue weighted by Gasteiger charge is -2.43. The molecule has 0 aliphatic carbocycles. The summed E-state index contributed by atoms with van der Waals surface area (Å²) in [6, 6.07) is 12.9. The Morgan fingerprint density at radius 1 is 1.22 bits per heavy atom. The van der Waals surface area contributed by atoms with Gasteiger partial charge >= 0.3 is 0 Å². The number of fused-ring (bicyclic) bond motifs is 1. The van der Waals surface area contributed by atoms with E-state index in [4.69, 9.17) is 0 Å². The van der Waals surface area contributed by atoms with Crippen LogP contribution in [0.1, 0.15) is 22.2 Å². The molecule has 1 aromatic heterocycles. The van der Waals surface area contributed by atoms with Gasteiger partial charge in [-0.3, -0.25) is 14.6 Å². The molecule has 1 atom stereocenters. The summed E-state index contributed by atoms with van der Waals surface area (Å²) in [5.74, 6) is -0.201. The number of carbonyl (C=O) groups excluding carboxylic acids is 2. The van der Waals surface area contributed by atoms with Crippen LogP contribution in [0.15, 0.2) is 48.7 Å². The fourth-order valence-corrected chi connectivity index (χ4v) is 2.84. The van der Waals surface area contributed by atoms with Gasteiger partial charge < -0.3 is 15.1 Å². The Bertz CT molecular complexity index is 732. The van der Waals surface area contributed by atoms with Crippen LogP contribution in [0.4, 0.5) is 5.69 Å². The predicted molar refractivity (Wildman–Crippen MR) is 86.9 cm³/mol. The summed E-state index contributed by atoms with van der Waals surface area (Å²) in [5, 5.41) is 2.64. The van der Waals surface area contributed by atoms with Gasteiger partial charge in [0.15, 0.2) is 0 Å². The number of aromatic nitrogens is 1. The largest absolute Gasteiger partial charge is 0.358 e. The molecule has 0 saturated carbocycles. The van der Waals surface area contributed by atoms with E-state index in [0.717, 1.165) is 11.4 Å². The molecule has 2 aromatic rings. The zero-order valence-electron chi connectivity index (χ0n) is 13.1. The molecule has 6 heteroatoms. The monoisotopic (exact) mass is 310 g/mol. The first-order valence-corrected chi connectivity index (χ1v) is 7.38. The van der Waals surface area contributed by atoms with Crippen molar-refractivity contribution < 1.29 is 9.59 Å². The highest BCUT2D eigenvalue weighted by Gasteiger charge is 2.37. The second kappa shape index (κ2) is 6.08. The first-order valence-electron chi connectivity index (χ1n) is 7.38. The molecule has 0 saturated heterocycles. The second-order valence-corrected chi connectivity index (χ2v) is 5.36. The Hall–Kier alpha value is -2.89. The van der Waals surface area contributed by atoms with Gasteiger partial charge in [-0.2, -0.15) is 0 Å². The highest BCUT2D eigenvalue weighted by molar-refractivity contribution is 6.02. The Kier molecular flexibility index (Phi) is 3.97. The average molecular weight is 310 g/mol. The molecule has 2 heterocycles. The number of rotatable bonds is 3. The lowest BCUT2D eigenvalue weighted by Crippen LogP contribution is -2.50. The van der Waals surface area contributed by atoms with Crippen molar-refractivity contribution in [3.63, 3.8) is 0 Å². The Balaban J connectivity index is 2.12. The van der Waals surface area contributed by atoms with Crippen molar-refractivity contribution in [1.82, 2.24) is 15.2 Å². The van der Waals surface area contributed by atoms with Gasteiger partial charge in [0.1, 0.15) is 6.17 Å². The molecule has 0 radical (unpaired) electrons. The second-order valence-electron chi connectivity index (χ2n) is 5.36. The minimum absolute atomic E-state index is 0.0793. The molecule has 1 aliphatic rings. The van der Waals surface area contributed by atoms with Crippen molar-refractivity contribution in [2.75, 3.05) is 25.5 Å². The molecule has 0 bridgehead atoms. The Labute approximate surface area is 134 Å². The molecule has 118 valence electrons. The van der Waals surface area contributed by atoms with Crippen LogP contribution in [0.3, 0.4) is 0 Å². The maximum Gasteiger partial charge on any atom is 0.257 e. The Morgan fingerprint density at radius 3 is 2.65 bits per heavy atom. The van der Waals surface area contributed by atoms with Gasteiger partial charge in [0, 0.05) is 20.3 Å². The SMILES string of the molecule is CNC(=O)CN1c2ccccc2C(=O)N(C)[C@H]1c1ccccn1. The number of para-hydroxylation sites is 1. The van der Waals surface area contributed by atoms with Crippen LogP contribution in [0.25, 0.3) is 0 Å². The normalized spacial score (nSPS) is 17.0. The van der Waals surface area contributed by atoms with E-state index in [0.29, 0.717) is 5.56 Å². The van der Waals surface area contributed by atoms with Gasteiger partial charge in [-0.15, -0.1) is 0 Å². The molecular weight excluding hydrogens is 292 g/mol. The average Bonchev–Trinajstić information content (AvgIpc) is 2.60.